The van der Waals surface area contributed by atoms with E-state index >= 15 is 0 Å². The number of rotatable bonds is 7. The van der Waals surface area contributed by atoms with Crippen molar-refractivity contribution in [3.05, 3.63) is 87.6 Å². The van der Waals surface area contributed by atoms with Crippen molar-refractivity contribution in [1.29, 1.82) is 0 Å². The van der Waals surface area contributed by atoms with Crippen molar-refractivity contribution in [2.45, 2.75) is 24.9 Å². The van der Waals surface area contributed by atoms with Crippen LogP contribution in [0.25, 0.3) is 0 Å². The number of thiophene rings is 1. The normalized spacial score (nSPS) is 11.3. The number of hydrogen-bond acceptors (Lipinski definition) is 4. The van der Waals surface area contributed by atoms with E-state index in [1.165, 1.54) is 17.0 Å². The molecule has 140 valence electrons. The third-order valence-electron chi connectivity index (χ3n) is 3.93. The van der Waals surface area contributed by atoms with Gasteiger partial charge in [0.2, 0.25) is 10.0 Å². The summed E-state index contributed by atoms with van der Waals surface area (Å²) in [5.74, 6) is -0.304. The van der Waals surface area contributed by atoms with Crippen molar-refractivity contribution in [1.82, 2.24) is 10.0 Å². The van der Waals surface area contributed by atoms with E-state index in [9.17, 15) is 13.2 Å². The van der Waals surface area contributed by atoms with Crippen LogP contribution in [0.1, 0.15) is 25.7 Å². The average Bonchev–Trinajstić information content (AvgIpc) is 3.11. The fourth-order valence-electron chi connectivity index (χ4n) is 2.51. The van der Waals surface area contributed by atoms with Crippen LogP contribution in [0.15, 0.2) is 71.6 Å². The van der Waals surface area contributed by atoms with E-state index in [1.807, 2.05) is 49.4 Å². The van der Waals surface area contributed by atoms with E-state index in [1.54, 1.807) is 23.5 Å². The second-order valence-electron chi connectivity index (χ2n) is 6.03. The third-order valence-corrected chi connectivity index (χ3v) is 6.33. The summed E-state index contributed by atoms with van der Waals surface area (Å²) in [5, 5.41) is 2.82. The first-order valence-electron chi connectivity index (χ1n) is 8.41. The quantitative estimate of drug-likeness (QED) is 0.638. The minimum absolute atomic E-state index is 0.0676. The lowest BCUT2D eigenvalue weighted by Gasteiger charge is -2.09. The van der Waals surface area contributed by atoms with E-state index in [2.05, 4.69) is 10.0 Å². The highest BCUT2D eigenvalue weighted by Crippen LogP contribution is 2.16. The third kappa shape index (κ3) is 5.26. The molecule has 2 aromatic carbocycles. The van der Waals surface area contributed by atoms with E-state index < -0.39 is 10.0 Å². The molecule has 7 heteroatoms. The Kier molecular flexibility index (Phi) is 6.05. The highest BCUT2D eigenvalue weighted by molar-refractivity contribution is 7.89. The highest BCUT2D eigenvalue weighted by Gasteiger charge is 2.16. The van der Waals surface area contributed by atoms with Crippen molar-refractivity contribution in [2.24, 2.45) is 0 Å². The maximum Gasteiger partial charge on any atom is 0.251 e. The van der Waals surface area contributed by atoms with Crippen LogP contribution in [0.5, 0.6) is 0 Å². The largest absolute Gasteiger partial charge is 0.347 e. The Morgan fingerprint density at radius 3 is 2.44 bits per heavy atom. The number of benzene rings is 2. The molecular formula is C20H20N2O3S2. The number of nitrogens with one attached hydrogen (secondary N) is 2. The number of aryl methyl sites for hydroxylation is 1. The molecule has 0 saturated heterocycles. The lowest BCUT2D eigenvalue weighted by molar-refractivity contribution is 0.0951. The van der Waals surface area contributed by atoms with Gasteiger partial charge in [0.15, 0.2) is 0 Å². The van der Waals surface area contributed by atoms with Gasteiger partial charge in [-0.3, -0.25) is 4.79 Å². The maximum absolute atomic E-state index is 12.5. The van der Waals surface area contributed by atoms with Gasteiger partial charge in [0, 0.05) is 21.9 Å². The molecule has 0 bridgehead atoms. The summed E-state index contributed by atoms with van der Waals surface area (Å²) in [6.07, 6.45) is 0. The number of hydrogen-bond donors (Lipinski definition) is 2. The minimum Gasteiger partial charge on any atom is -0.347 e. The summed E-state index contributed by atoms with van der Waals surface area (Å²) in [5.41, 5.74) is 1.17. The summed E-state index contributed by atoms with van der Waals surface area (Å²) < 4.78 is 27.6. The smallest absolute Gasteiger partial charge is 0.251 e. The SMILES string of the molecule is Cc1ccc(CNC(=O)c2cccc(S(=O)(=O)NCc3ccccc3)c2)s1. The molecule has 0 fully saturated rings. The molecule has 3 rings (SSSR count). The van der Waals surface area contributed by atoms with Crippen molar-refractivity contribution >= 4 is 27.3 Å². The van der Waals surface area contributed by atoms with Crippen molar-refractivity contribution < 1.29 is 13.2 Å². The fraction of sp³-hybridized carbons (Fsp3) is 0.150. The zero-order chi connectivity index (χ0) is 19.3. The average molecular weight is 401 g/mol. The Bertz CT molecular complexity index is 1030. The molecule has 0 saturated carbocycles. The fourth-order valence-corrected chi connectivity index (χ4v) is 4.40. The molecule has 0 aliphatic heterocycles. The van der Waals surface area contributed by atoms with Crippen LogP contribution in [0.3, 0.4) is 0 Å². The molecule has 0 aliphatic rings. The molecule has 1 heterocycles. The van der Waals surface area contributed by atoms with E-state index in [4.69, 9.17) is 0 Å². The van der Waals surface area contributed by atoms with Crippen LogP contribution in [0.4, 0.5) is 0 Å². The number of carbonyl (C=O) groups excluding carboxylic acids is 1. The Balaban J connectivity index is 1.67. The number of amides is 1. The predicted octanol–water partition coefficient (Wildman–Crippen LogP) is 3.47. The first-order valence-corrected chi connectivity index (χ1v) is 10.7. The second kappa shape index (κ2) is 8.47. The minimum atomic E-state index is -3.71. The molecule has 1 amide bonds. The first kappa shape index (κ1) is 19.3. The van der Waals surface area contributed by atoms with E-state index in [0.717, 1.165) is 10.4 Å². The molecule has 5 nitrogen and oxygen atoms in total. The van der Waals surface area contributed by atoms with Crippen molar-refractivity contribution in [3.63, 3.8) is 0 Å². The predicted molar refractivity (Wildman–Crippen MR) is 107 cm³/mol. The van der Waals surface area contributed by atoms with Gasteiger partial charge in [-0.25, -0.2) is 13.1 Å². The lowest BCUT2D eigenvalue weighted by Crippen LogP contribution is -2.25. The highest BCUT2D eigenvalue weighted by atomic mass is 32.2. The Morgan fingerprint density at radius 2 is 1.74 bits per heavy atom. The second-order valence-corrected chi connectivity index (χ2v) is 9.17. The van der Waals surface area contributed by atoms with Gasteiger partial charge in [-0.15, -0.1) is 11.3 Å². The van der Waals surface area contributed by atoms with Gasteiger partial charge in [0.1, 0.15) is 0 Å². The molecule has 2 N–H and O–H groups in total. The Labute approximate surface area is 163 Å². The van der Waals surface area contributed by atoms with Gasteiger partial charge < -0.3 is 5.32 Å². The summed E-state index contributed by atoms with van der Waals surface area (Å²) in [6, 6.07) is 19.3. The van der Waals surface area contributed by atoms with Gasteiger partial charge in [-0.1, -0.05) is 36.4 Å². The summed E-state index contributed by atoms with van der Waals surface area (Å²) >= 11 is 1.62. The summed E-state index contributed by atoms with van der Waals surface area (Å²) in [7, 11) is -3.71. The molecule has 27 heavy (non-hydrogen) atoms. The first-order chi connectivity index (χ1) is 12.9. The van der Waals surface area contributed by atoms with Gasteiger partial charge in [0.25, 0.3) is 5.91 Å². The van der Waals surface area contributed by atoms with Crippen LogP contribution in [0.2, 0.25) is 0 Å². The molecule has 0 atom stereocenters. The summed E-state index contributed by atoms with van der Waals surface area (Å²) in [4.78, 5) is 14.7. The topological polar surface area (TPSA) is 75.3 Å². The van der Waals surface area contributed by atoms with Crippen LogP contribution in [0, 0.1) is 6.92 Å². The van der Waals surface area contributed by atoms with Crippen LogP contribution in [-0.2, 0) is 23.1 Å². The zero-order valence-electron chi connectivity index (χ0n) is 14.8. The Morgan fingerprint density at radius 1 is 0.963 bits per heavy atom. The number of sulfonamides is 1. The monoisotopic (exact) mass is 400 g/mol. The molecule has 0 spiro atoms. The van der Waals surface area contributed by atoms with Crippen LogP contribution in [-0.4, -0.2) is 14.3 Å². The molecule has 0 radical (unpaired) electrons. The number of carbonyl (C=O) groups is 1. The van der Waals surface area contributed by atoms with Crippen LogP contribution >= 0.6 is 11.3 Å². The van der Waals surface area contributed by atoms with Gasteiger partial charge >= 0.3 is 0 Å². The molecule has 0 aliphatic carbocycles. The Hall–Kier alpha value is -2.48. The van der Waals surface area contributed by atoms with E-state index in [0.29, 0.717) is 12.1 Å². The molecule has 0 unspecified atom stereocenters. The molecular weight excluding hydrogens is 380 g/mol. The summed E-state index contributed by atoms with van der Waals surface area (Å²) in [6.45, 7) is 2.62. The standard InChI is InChI=1S/C20H20N2O3S2/c1-15-10-11-18(26-15)14-21-20(23)17-8-5-9-19(12-17)27(24,25)22-13-16-6-3-2-4-7-16/h2-12,22H,13-14H2,1H3,(H,21,23). The van der Waals surface area contributed by atoms with Crippen molar-refractivity contribution in [2.75, 3.05) is 0 Å². The van der Waals surface area contributed by atoms with Crippen LogP contribution < -0.4 is 10.0 Å². The molecule has 3 aromatic rings. The zero-order valence-corrected chi connectivity index (χ0v) is 16.4. The molecule has 1 aromatic heterocycles. The van der Waals surface area contributed by atoms with Gasteiger partial charge in [0.05, 0.1) is 11.4 Å². The maximum atomic E-state index is 12.5. The van der Waals surface area contributed by atoms with E-state index in [-0.39, 0.29) is 17.3 Å². The lowest BCUT2D eigenvalue weighted by atomic mass is 10.2. The van der Waals surface area contributed by atoms with Gasteiger partial charge in [-0.2, -0.15) is 0 Å². The van der Waals surface area contributed by atoms with Gasteiger partial charge in [-0.05, 0) is 42.8 Å². The van der Waals surface area contributed by atoms with Crippen molar-refractivity contribution in [3.8, 4) is 0 Å².